The maximum atomic E-state index is 12.7. The number of esters is 1. The summed E-state index contributed by atoms with van der Waals surface area (Å²) in [6.07, 6.45) is 7.01. The molecule has 1 aromatic carbocycles. The van der Waals surface area contributed by atoms with Gasteiger partial charge in [0.05, 0.1) is 31.5 Å². The monoisotopic (exact) mass is 580 g/mol. The van der Waals surface area contributed by atoms with E-state index >= 15 is 0 Å². The highest BCUT2D eigenvalue weighted by Crippen LogP contribution is 2.54. The Balaban J connectivity index is 0.000000379. The van der Waals surface area contributed by atoms with Gasteiger partial charge >= 0.3 is 5.97 Å². The second kappa shape index (κ2) is 11.4. The number of nitrogens with one attached hydrogen (secondary N) is 2. The van der Waals surface area contributed by atoms with Gasteiger partial charge in [0.2, 0.25) is 10.0 Å². The highest BCUT2D eigenvalue weighted by Gasteiger charge is 2.54. The van der Waals surface area contributed by atoms with Gasteiger partial charge in [0, 0.05) is 43.3 Å². The van der Waals surface area contributed by atoms with Crippen molar-refractivity contribution >= 4 is 39.3 Å². The molecule has 14 heteroatoms. The van der Waals surface area contributed by atoms with Crippen LogP contribution in [0, 0.1) is 11.2 Å². The van der Waals surface area contributed by atoms with Crippen molar-refractivity contribution < 1.29 is 27.1 Å². The highest BCUT2D eigenvalue weighted by atomic mass is 35.5. The van der Waals surface area contributed by atoms with Gasteiger partial charge in [0.15, 0.2) is 11.7 Å². The molecular weight excluding hydrogens is 551 g/mol. The van der Waals surface area contributed by atoms with Gasteiger partial charge in [-0.15, -0.1) is 0 Å². The number of carbonyl (C=O) groups is 2. The number of methoxy groups -OCH3 is 1. The van der Waals surface area contributed by atoms with Crippen LogP contribution in [-0.4, -0.2) is 79.6 Å². The number of amides is 1. The Hall–Kier alpha value is -3.29. The first-order valence-corrected chi connectivity index (χ1v) is 14.4. The number of benzene rings is 1. The third kappa shape index (κ3) is 7.22. The number of ether oxygens (including phenoxy) is 1. The number of sulfonamides is 1. The topological polar surface area (TPSA) is 135 Å². The molecule has 1 amide bonds. The van der Waals surface area contributed by atoms with Crippen molar-refractivity contribution in [2.75, 3.05) is 33.0 Å². The minimum atomic E-state index is -3.66. The van der Waals surface area contributed by atoms with Crippen molar-refractivity contribution in [2.24, 2.45) is 17.5 Å². The molecule has 1 aliphatic carbocycles. The normalized spacial score (nSPS) is 20.0. The van der Waals surface area contributed by atoms with Crippen LogP contribution in [0.2, 0.25) is 5.02 Å². The zero-order chi connectivity index (χ0) is 28.4. The van der Waals surface area contributed by atoms with E-state index in [4.69, 9.17) is 16.3 Å². The smallest absolute Gasteiger partial charge is 0.337 e. The molecule has 0 bridgehead atoms. The Morgan fingerprint density at radius 3 is 2.62 bits per heavy atom. The average Bonchev–Trinajstić information content (AvgIpc) is 3.31. The molecule has 210 valence electrons. The van der Waals surface area contributed by atoms with Gasteiger partial charge < -0.3 is 14.6 Å². The van der Waals surface area contributed by atoms with Crippen LogP contribution in [0.5, 0.6) is 0 Å². The minimum Gasteiger partial charge on any atom is -0.466 e. The second-order valence-corrected chi connectivity index (χ2v) is 12.1. The quantitative estimate of drug-likeness (QED) is 0.492. The molecule has 5 rings (SSSR count). The number of aliphatic imine (C=N–C) groups is 1. The predicted molar refractivity (Wildman–Crippen MR) is 143 cm³/mol. The molecular formula is C25H30ClFN6O5S. The van der Waals surface area contributed by atoms with E-state index < -0.39 is 27.9 Å². The Morgan fingerprint density at radius 1 is 1.33 bits per heavy atom. The maximum Gasteiger partial charge on any atom is 0.337 e. The third-order valence-corrected chi connectivity index (χ3v) is 7.60. The molecule has 39 heavy (non-hydrogen) atoms. The van der Waals surface area contributed by atoms with Crippen LogP contribution < -0.4 is 10.0 Å². The number of aryl methyl sites for hydroxylation is 1. The van der Waals surface area contributed by atoms with Gasteiger partial charge in [-0.25, -0.2) is 22.6 Å². The summed E-state index contributed by atoms with van der Waals surface area (Å²) in [5.74, 6) is -0.194. The Labute approximate surface area is 231 Å². The Bertz CT molecular complexity index is 1420. The summed E-state index contributed by atoms with van der Waals surface area (Å²) in [6, 6.07) is 5.22. The SMILES string of the molecule is COC(=O)C1=C(CN2CC3(CC3)CC2C(=O)NS(C)(=O)=O)NC(c2nccn2C)=NC1.Fc1cccc(Cl)c1. The number of imidazole rings is 1. The van der Waals surface area contributed by atoms with E-state index in [9.17, 15) is 22.4 Å². The van der Waals surface area contributed by atoms with Crippen molar-refractivity contribution in [3.63, 3.8) is 0 Å². The molecule has 1 atom stereocenters. The molecule has 1 aromatic heterocycles. The largest absolute Gasteiger partial charge is 0.466 e. The number of hydrogen-bond donors (Lipinski definition) is 2. The first-order valence-electron chi connectivity index (χ1n) is 12.2. The predicted octanol–water partition coefficient (Wildman–Crippen LogP) is 1.61. The van der Waals surface area contributed by atoms with Gasteiger partial charge in [-0.2, -0.15) is 0 Å². The molecule has 0 radical (unpaired) electrons. The fraction of sp³-hybridized carbons (Fsp3) is 0.440. The molecule has 1 unspecified atom stereocenters. The van der Waals surface area contributed by atoms with Crippen LogP contribution in [0.3, 0.4) is 0 Å². The van der Waals surface area contributed by atoms with E-state index in [2.05, 4.69) is 20.0 Å². The maximum absolute atomic E-state index is 12.7. The van der Waals surface area contributed by atoms with Gasteiger partial charge in [0.25, 0.3) is 5.91 Å². The Kier molecular flexibility index (Phi) is 8.42. The van der Waals surface area contributed by atoms with Crippen LogP contribution in [-0.2, 0) is 31.4 Å². The summed E-state index contributed by atoms with van der Waals surface area (Å²) in [7, 11) is -0.514. The third-order valence-electron chi connectivity index (χ3n) is 6.79. The molecule has 3 heterocycles. The summed E-state index contributed by atoms with van der Waals surface area (Å²) >= 11 is 5.40. The zero-order valence-electron chi connectivity index (χ0n) is 21.8. The van der Waals surface area contributed by atoms with Crippen LogP contribution in [0.25, 0.3) is 0 Å². The molecule has 11 nitrogen and oxygen atoms in total. The van der Waals surface area contributed by atoms with E-state index in [0.29, 0.717) is 40.9 Å². The second-order valence-electron chi connectivity index (χ2n) is 9.90. The standard InChI is InChI=1S/C19H26N6O5S.C6H4ClF/c1-24-7-6-20-16(24)15-21-9-12(18(27)30-2)13(22-15)10-25-11-19(4-5-19)8-14(25)17(26)23-31(3,28)29;7-5-2-1-3-6(8)4-5/h6-7,14H,4-5,8-11H2,1-3H3,(H,21,22)(H,23,26);1-4H. The first-order chi connectivity index (χ1) is 18.4. The first kappa shape index (κ1) is 28.7. The summed E-state index contributed by atoms with van der Waals surface area (Å²) in [4.78, 5) is 35.7. The van der Waals surface area contributed by atoms with Crippen molar-refractivity contribution in [3.8, 4) is 0 Å². The van der Waals surface area contributed by atoms with Crippen LogP contribution in [0.4, 0.5) is 4.39 Å². The highest BCUT2D eigenvalue weighted by molar-refractivity contribution is 7.89. The van der Waals surface area contributed by atoms with Gasteiger partial charge in [-0.3, -0.25) is 19.4 Å². The van der Waals surface area contributed by atoms with Crippen LogP contribution in [0.1, 0.15) is 25.1 Å². The fourth-order valence-corrected chi connectivity index (χ4v) is 5.38. The molecule has 1 spiro atoms. The number of carbonyl (C=O) groups excluding carboxylic acids is 2. The number of aromatic nitrogens is 2. The van der Waals surface area contributed by atoms with E-state index in [1.165, 1.54) is 19.2 Å². The molecule has 2 fully saturated rings. The summed E-state index contributed by atoms with van der Waals surface area (Å²) in [5, 5.41) is 3.63. The lowest BCUT2D eigenvalue weighted by molar-refractivity contribution is -0.136. The van der Waals surface area contributed by atoms with E-state index in [-0.39, 0.29) is 24.3 Å². The Morgan fingerprint density at radius 2 is 2.08 bits per heavy atom. The number of likely N-dealkylation sites (tertiary alicyclic amines) is 1. The fourth-order valence-electron chi connectivity index (χ4n) is 4.70. The lowest BCUT2D eigenvalue weighted by Gasteiger charge is -2.28. The van der Waals surface area contributed by atoms with E-state index in [0.717, 1.165) is 19.1 Å². The van der Waals surface area contributed by atoms with Crippen molar-refractivity contribution in [2.45, 2.75) is 25.3 Å². The minimum absolute atomic E-state index is 0.0385. The molecule has 2 aliphatic heterocycles. The zero-order valence-corrected chi connectivity index (χ0v) is 23.4. The van der Waals surface area contributed by atoms with Gasteiger partial charge in [-0.1, -0.05) is 17.7 Å². The summed E-state index contributed by atoms with van der Waals surface area (Å²) in [5.41, 5.74) is 0.991. The number of amidine groups is 1. The van der Waals surface area contributed by atoms with E-state index in [1.807, 2.05) is 16.5 Å². The van der Waals surface area contributed by atoms with Gasteiger partial charge in [-0.05, 0) is 42.9 Å². The molecule has 1 saturated carbocycles. The number of halogens is 2. The number of nitrogens with zero attached hydrogens (tertiary/aromatic N) is 4. The molecule has 1 saturated heterocycles. The number of hydrogen-bond acceptors (Lipinski definition) is 9. The molecule has 3 aliphatic rings. The van der Waals surface area contributed by atoms with Crippen molar-refractivity contribution in [3.05, 3.63) is 64.6 Å². The van der Waals surface area contributed by atoms with E-state index in [1.54, 1.807) is 24.5 Å². The van der Waals surface area contributed by atoms with Crippen molar-refractivity contribution in [1.29, 1.82) is 0 Å². The summed E-state index contributed by atoms with van der Waals surface area (Å²) in [6.45, 7) is 1.04. The average molecular weight is 581 g/mol. The summed E-state index contributed by atoms with van der Waals surface area (Å²) < 4.78 is 44.1. The molecule has 2 N–H and O–H groups in total. The lowest BCUT2D eigenvalue weighted by Crippen LogP contribution is -2.47. The van der Waals surface area contributed by atoms with Gasteiger partial charge in [0.1, 0.15) is 5.82 Å². The van der Waals surface area contributed by atoms with Crippen LogP contribution >= 0.6 is 11.6 Å². The van der Waals surface area contributed by atoms with Crippen molar-refractivity contribution in [1.82, 2.24) is 24.5 Å². The van der Waals surface area contributed by atoms with Crippen LogP contribution in [0.15, 0.2) is 52.9 Å². The molecule has 2 aromatic rings. The number of rotatable bonds is 6. The lowest BCUT2D eigenvalue weighted by atomic mass is 10.0.